The van der Waals surface area contributed by atoms with E-state index in [-0.39, 0.29) is 35.3 Å². The standard InChI is InChI=1S/C27H24BrF3N6O3/c1-14-24(35-26(40)20-12-22(27(29,30)31)34-21-8-7-18(28)11-19(20)21)15(2)37(36-14)13-16-3-5-17(6-4-16)25(39)33-10-9-23(32)38/h3-8,11-12H,9-10,13H2,1-2H3,(H2,32,38)(H,33,39)(H,35,40). The topological polar surface area (TPSA) is 132 Å². The first kappa shape index (κ1) is 28.7. The molecule has 0 aliphatic rings. The number of aryl methyl sites for hydroxylation is 1. The summed E-state index contributed by atoms with van der Waals surface area (Å²) in [4.78, 5) is 40.0. The number of nitrogens with one attached hydrogen (secondary N) is 2. The van der Waals surface area contributed by atoms with E-state index >= 15 is 0 Å². The van der Waals surface area contributed by atoms with E-state index in [1.165, 1.54) is 6.07 Å². The highest BCUT2D eigenvalue weighted by atomic mass is 79.9. The largest absolute Gasteiger partial charge is 0.433 e. The van der Waals surface area contributed by atoms with Gasteiger partial charge >= 0.3 is 6.18 Å². The Morgan fingerprint density at radius 3 is 2.38 bits per heavy atom. The lowest BCUT2D eigenvalue weighted by molar-refractivity contribution is -0.141. The van der Waals surface area contributed by atoms with Gasteiger partial charge in [0.25, 0.3) is 11.8 Å². The number of halogens is 4. The van der Waals surface area contributed by atoms with Crippen molar-refractivity contribution in [3.05, 3.63) is 86.8 Å². The summed E-state index contributed by atoms with van der Waals surface area (Å²) in [6, 6.07) is 12.0. The number of carbonyl (C=O) groups is 3. The zero-order chi connectivity index (χ0) is 29.2. The lowest BCUT2D eigenvalue weighted by Gasteiger charge is -2.13. The summed E-state index contributed by atoms with van der Waals surface area (Å²) in [7, 11) is 0. The van der Waals surface area contributed by atoms with E-state index in [9.17, 15) is 27.6 Å². The van der Waals surface area contributed by atoms with Gasteiger partial charge in [0, 0.05) is 28.4 Å². The molecule has 2 aromatic heterocycles. The lowest BCUT2D eigenvalue weighted by atomic mass is 10.1. The Bertz CT molecular complexity index is 1620. The zero-order valence-corrected chi connectivity index (χ0v) is 23.0. The quantitative estimate of drug-likeness (QED) is 0.263. The second-order valence-corrected chi connectivity index (χ2v) is 9.96. The number of carbonyl (C=O) groups excluding carboxylic acids is 3. The first-order valence-corrected chi connectivity index (χ1v) is 12.8. The van der Waals surface area contributed by atoms with Crippen molar-refractivity contribution in [1.82, 2.24) is 20.1 Å². The summed E-state index contributed by atoms with van der Waals surface area (Å²) in [6.45, 7) is 3.87. The highest BCUT2D eigenvalue weighted by Crippen LogP contribution is 2.32. The van der Waals surface area contributed by atoms with Crippen molar-refractivity contribution in [1.29, 1.82) is 0 Å². The molecule has 0 bridgehead atoms. The average Bonchev–Trinajstić information content (AvgIpc) is 3.14. The number of hydrogen-bond donors (Lipinski definition) is 3. The Labute approximate surface area is 235 Å². The summed E-state index contributed by atoms with van der Waals surface area (Å²) < 4.78 is 42.7. The van der Waals surface area contributed by atoms with Crippen LogP contribution in [0.4, 0.5) is 18.9 Å². The van der Waals surface area contributed by atoms with Crippen LogP contribution in [0.5, 0.6) is 0 Å². The minimum absolute atomic E-state index is 0.0392. The number of aromatic nitrogens is 3. The molecule has 0 atom stereocenters. The first-order valence-electron chi connectivity index (χ1n) is 12.0. The maximum atomic E-state index is 13.5. The number of pyridine rings is 1. The smallest absolute Gasteiger partial charge is 0.370 e. The van der Waals surface area contributed by atoms with Crippen molar-refractivity contribution in [3.63, 3.8) is 0 Å². The fourth-order valence-corrected chi connectivity index (χ4v) is 4.44. The van der Waals surface area contributed by atoms with E-state index in [0.29, 0.717) is 33.7 Å². The number of hydrogen-bond acceptors (Lipinski definition) is 5. The molecule has 2 aromatic carbocycles. The van der Waals surface area contributed by atoms with Crippen LogP contribution in [0.2, 0.25) is 0 Å². The monoisotopic (exact) mass is 616 g/mol. The number of nitrogens with zero attached hydrogens (tertiary/aromatic N) is 3. The number of anilines is 1. The molecule has 9 nitrogen and oxygen atoms in total. The fraction of sp³-hybridized carbons (Fsp3) is 0.222. The molecule has 0 saturated heterocycles. The second-order valence-electron chi connectivity index (χ2n) is 9.04. The molecular weight excluding hydrogens is 593 g/mol. The third kappa shape index (κ3) is 6.47. The summed E-state index contributed by atoms with van der Waals surface area (Å²) in [5.41, 5.74) is 6.45. The van der Waals surface area contributed by atoms with Gasteiger partial charge in [-0.1, -0.05) is 28.1 Å². The molecule has 40 heavy (non-hydrogen) atoms. The van der Waals surface area contributed by atoms with E-state index in [1.54, 1.807) is 54.9 Å². The predicted molar refractivity (Wildman–Crippen MR) is 146 cm³/mol. The average molecular weight is 617 g/mol. The van der Waals surface area contributed by atoms with Crippen LogP contribution >= 0.6 is 15.9 Å². The number of alkyl halides is 3. The van der Waals surface area contributed by atoms with Crippen molar-refractivity contribution in [2.75, 3.05) is 11.9 Å². The molecule has 0 spiro atoms. The normalized spacial score (nSPS) is 11.4. The second kappa shape index (κ2) is 11.5. The molecule has 0 saturated carbocycles. The maximum Gasteiger partial charge on any atom is 0.433 e. The number of amides is 3. The number of rotatable bonds is 8. The van der Waals surface area contributed by atoms with Gasteiger partial charge in [0.1, 0.15) is 5.69 Å². The van der Waals surface area contributed by atoms with E-state index < -0.39 is 23.7 Å². The van der Waals surface area contributed by atoms with Crippen molar-refractivity contribution < 1.29 is 27.6 Å². The number of nitrogens with two attached hydrogens (primary N) is 1. The van der Waals surface area contributed by atoms with Crippen molar-refractivity contribution in [2.24, 2.45) is 5.73 Å². The number of benzene rings is 2. The molecular formula is C27H24BrF3N6O3. The molecule has 0 aliphatic carbocycles. The van der Waals surface area contributed by atoms with Gasteiger partial charge in [0.05, 0.1) is 34.7 Å². The minimum atomic E-state index is -4.73. The Morgan fingerprint density at radius 1 is 1.02 bits per heavy atom. The first-order chi connectivity index (χ1) is 18.8. The molecule has 0 aliphatic heterocycles. The third-order valence-electron chi connectivity index (χ3n) is 6.13. The van der Waals surface area contributed by atoms with Gasteiger partial charge in [-0.15, -0.1) is 0 Å². The molecule has 208 valence electrons. The van der Waals surface area contributed by atoms with Gasteiger partial charge in [-0.05, 0) is 55.8 Å². The van der Waals surface area contributed by atoms with Gasteiger partial charge in [0.15, 0.2) is 0 Å². The van der Waals surface area contributed by atoms with Crippen LogP contribution in [-0.2, 0) is 17.5 Å². The molecule has 4 N–H and O–H groups in total. The van der Waals surface area contributed by atoms with Crippen LogP contribution in [0.3, 0.4) is 0 Å². The SMILES string of the molecule is Cc1nn(Cc2ccc(C(=O)NCCC(N)=O)cc2)c(C)c1NC(=O)c1cc(C(F)(F)F)nc2ccc(Br)cc12. The molecule has 0 fully saturated rings. The summed E-state index contributed by atoms with van der Waals surface area (Å²) >= 11 is 3.29. The number of primary amides is 1. The Morgan fingerprint density at radius 2 is 1.73 bits per heavy atom. The van der Waals surface area contributed by atoms with Crippen LogP contribution in [0, 0.1) is 13.8 Å². The van der Waals surface area contributed by atoms with Crippen LogP contribution < -0.4 is 16.4 Å². The lowest BCUT2D eigenvalue weighted by Crippen LogP contribution is -2.27. The highest BCUT2D eigenvalue weighted by molar-refractivity contribution is 9.10. The summed E-state index contributed by atoms with van der Waals surface area (Å²) in [6.07, 6.45) is -4.69. The minimum Gasteiger partial charge on any atom is -0.370 e. The summed E-state index contributed by atoms with van der Waals surface area (Å²) in [5, 5.41) is 10.1. The van der Waals surface area contributed by atoms with Gasteiger partial charge in [-0.3, -0.25) is 19.1 Å². The summed E-state index contributed by atoms with van der Waals surface area (Å²) in [5.74, 6) is -1.58. The molecule has 0 radical (unpaired) electrons. The van der Waals surface area contributed by atoms with Crippen molar-refractivity contribution in [3.8, 4) is 0 Å². The number of fused-ring (bicyclic) bond motifs is 1. The predicted octanol–water partition coefficient (Wildman–Crippen LogP) is 4.74. The van der Waals surface area contributed by atoms with Crippen molar-refractivity contribution in [2.45, 2.75) is 33.0 Å². The van der Waals surface area contributed by atoms with Crippen molar-refractivity contribution >= 4 is 50.2 Å². The third-order valence-corrected chi connectivity index (χ3v) is 6.62. The molecule has 4 rings (SSSR count). The van der Waals surface area contributed by atoms with Gasteiger partial charge in [0.2, 0.25) is 5.91 Å². The van der Waals surface area contributed by atoms with E-state index in [2.05, 4.69) is 36.6 Å². The van der Waals surface area contributed by atoms with Gasteiger partial charge < -0.3 is 16.4 Å². The molecule has 4 aromatic rings. The van der Waals surface area contributed by atoms with Gasteiger partial charge in [-0.2, -0.15) is 18.3 Å². The Balaban J connectivity index is 1.55. The Hall–Kier alpha value is -4.26. The van der Waals surface area contributed by atoms with Crippen LogP contribution in [0.25, 0.3) is 10.9 Å². The van der Waals surface area contributed by atoms with E-state index in [0.717, 1.165) is 11.6 Å². The molecule has 2 heterocycles. The maximum absolute atomic E-state index is 13.5. The van der Waals surface area contributed by atoms with Gasteiger partial charge in [-0.25, -0.2) is 4.98 Å². The Kier molecular flexibility index (Phi) is 8.24. The highest BCUT2D eigenvalue weighted by Gasteiger charge is 2.34. The van der Waals surface area contributed by atoms with Crippen LogP contribution in [0.15, 0.2) is 53.0 Å². The fourth-order valence-electron chi connectivity index (χ4n) is 4.08. The van der Waals surface area contributed by atoms with Crippen LogP contribution in [0.1, 0.15) is 49.8 Å². The zero-order valence-electron chi connectivity index (χ0n) is 21.4. The molecule has 0 unspecified atom stereocenters. The molecule has 13 heteroatoms. The van der Waals surface area contributed by atoms with E-state index in [4.69, 9.17) is 5.73 Å². The van der Waals surface area contributed by atoms with E-state index in [1.807, 2.05) is 0 Å². The molecule has 3 amide bonds. The van der Waals surface area contributed by atoms with Crippen LogP contribution in [-0.4, -0.2) is 39.0 Å².